The minimum absolute atomic E-state index is 0.0692. The molecule has 1 fully saturated rings. The molecule has 158 valence electrons. The van der Waals surface area contributed by atoms with E-state index in [4.69, 9.17) is 11.6 Å². The van der Waals surface area contributed by atoms with E-state index in [0.29, 0.717) is 17.9 Å². The highest BCUT2D eigenvalue weighted by atomic mass is 35.5. The Morgan fingerprint density at radius 2 is 1.59 bits per heavy atom. The van der Waals surface area contributed by atoms with Gasteiger partial charge >= 0.3 is 0 Å². The maximum atomic E-state index is 13.0. The van der Waals surface area contributed by atoms with Crippen LogP contribution in [0.2, 0.25) is 5.02 Å². The summed E-state index contributed by atoms with van der Waals surface area (Å²) in [4.78, 5) is 0.215. The fraction of sp³-hybridized carbons (Fsp3) is 0.429. The summed E-state index contributed by atoms with van der Waals surface area (Å²) in [5.41, 5.74) is 1.79. The molecule has 29 heavy (non-hydrogen) atoms. The molecule has 0 aromatic heterocycles. The van der Waals surface area contributed by atoms with E-state index >= 15 is 0 Å². The van der Waals surface area contributed by atoms with Crippen molar-refractivity contribution in [3.63, 3.8) is 0 Å². The standard InChI is InChI=1S/C21H26ClNO4S2/c1-16(2)15-28(24,25)20-10-12-23(13-11-20)29(26,27)21-8-6-17(7-9-21)18-4-3-5-19(22)14-18/h3-9,14,16,20H,10-13,15H2,1-2H3. The highest BCUT2D eigenvalue weighted by Gasteiger charge is 2.35. The van der Waals surface area contributed by atoms with E-state index < -0.39 is 25.1 Å². The molecule has 0 N–H and O–H groups in total. The van der Waals surface area contributed by atoms with Gasteiger partial charge in [0.15, 0.2) is 9.84 Å². The Labute approximate surface area is 178 Å². The largest absolute Gasteiger partial charge is 0.243 e. The maximum Gasteiger partial charge on any atom is 0.243 e. The predicted molar refractivity (Wildman–Crippen MR) is 117 cm³/mol. The zero-order valence-corrected chi connectivity index (χ0v) is 19.0. The molecular weight excluding hydrogens is 430 g/mol. The van der Waals surface area contributed by atoms with Crippen LogP contribution >= 0.6 is 11.6 Å². The number of rotatable bonds is 6. The first-order valence-electron chi connectivity index (χ1n) is 9.67. The van der Waals surface area contributed by atoms with Crippen LogP contribution < -0.4 is 0 Å². The summed E-state index contributed by atoms with van der Waals surface area (Å²) in [6, 6.07) is 14.1. The Morgan fingerprint density at radius 3 is 2.14 bits per heavy atom. The van der Waals surface area contributed by atoms with Crippen LogP contribution in [0.5, 0.6) is 0 Å². The van der Waals surface area contributed by atoms with Crippen LogP contribution in [0, 0.1) is 5.92 Å². The van der Waals surface area contributed by atoms with E-state index in [-0.39, 0.29) is 29.7 Å². The molecule has 0 bridgehead atoms. The molecule has 2 aromatic rings. The van der Waals surface area contributed by atoms with Crippen molar-refractivity contribution in [3.05, 3.63) is 53.6 Å². The first kappa shape index (κ1) is 22.3. The molecule has 1 saturated heterocycles. The van der Waals surface area contributed by atoms with Gasteiger partial charge in [0.1, 0.15) is 0 Å². The van der Waals surface area contributed by atoms with E-state index in [1.54, 1.807) is 30.3 Å². The normalized spacial score (nSPS) is 17.0. The van der Waals surface area contributed by atoms with E-state index in [2.05, 4.69) is 0 Å². The number of hydrogen-bond acceptors (Lipinski definition) is 4. The number of sulfonamides is 1. The van der Waals surface area contributed by atoms with E-state index in [9.17, 15) is 16.8 Å². The first-order chi connectivity index (χ1) is 13.6. The molecule has 1 heterocycles. The van der Waals surface area contributed by atoms with Gasteiger partial charge in [-0.1, -0.05) is 49.7 Å². The van der Waals surface area contributed by atoms with Gasteiger partial charge in [0.2, 0.25) is 10.0 Å². The van der Waals surface area contributed by atoms with Gasteiger partial charge in [0.05, 0.1) is 15.9 Å². The smallest absolute Gasteiger partial charge is 0.229 e. The molecule has 1 aliphatic heterocycles. The maximum absolute atomic E-state index is 13.0. The van der Waals surface area contributed by atoms with E-state index in [1.165, 1.54) is 4.31 Å². The van der Waals surface area contributed by atoms with E-state index in [1.807, 2.05) is 32.0 Å². The quantitative estimate of drug-likeness (QED) is 0.653. The van der Waals surface area contributed by atoms with Crippen molar-refractivity contribution in [2.45, 2.75) is 36.8 Å². The average molecular weight is 456 g/mol. The first-order valence-corrected chi connectivity index (χ1v) is 13.2. The van der Waals surface area contributed by atoms with Crippen molar-refractivity contribution >= 4 is 31.5 Å². The number of piperidine rings is 1. The van der Waals surface area contributed by atoms with Crippen molar-refractivity contribution in [2.75, 3.05) is 18.8 Å². The van der Waals surface area contributed by atoms with Gasteiger partial charge in [0, 0.05) is 18.1 Å². The number of sulfone groups is 1. The van der Waals surface area contributed by atoms with Crippen LogP contribution in [-0.2, 0) is 19.9 Å². The predicted octanol–water partition coefficient (Wildman–Crippen LogP) is 4.23. The Balaban J connectivity index is 1.72. The molecule has 0 unspecified atom stereocenters. The second-order valence-electron chi connectivity index (χ2n) is 7.86. The van der Waals surface area contributed by atoms with Gasteiger partial charge in [-0.2, -0.15) is 4.31 Å². The molecule has 8 heteroatoms. The molecule has 0 saturated carbocycles. The second kappa shape index (κ2) is 8.76. The third kappa shape index (κ3) is 5.20. The van der Waals surface area contributed by atoms with Gasteiger partial charge in [0.25, 0.3) is 0 Å². The van der Waals surface area contributed by atoms with E-state index in [0.717, 1.165) is 11.1 Å². The average Bonchev–Trinajstić information content (AvgIpc) is 2.67. The molecule has 1 aliphatic rings. The number of nitrogens with zero attached hydrogens (tertiary/aromatic N) is 1. The summed E-state index contributed by atoms with van der Waals surface area (Å²) in [6.07, 6.45) is 0.684. The molecule has 0 spiro atoms. The van der Waals surface area contributed by atoms with Crippen LogP contribution in [0.15, 0.2) is 53.4 Å². The molecule has 3 rings (SSSR count). The van der Waals surface area contributed by atoms with Crippen molar-refractivity contribution < 1.29 is 16.8 Å². The van der Waals surface area contributed by atoms with Gasteiger partial charge in [-0.15, -0.1) is 0 Å². The second-order valence-corrected chi connectivity index (χ2v) is 12.6. The third-order valence-corrected chi connectivity index (χ3v) is 9.89. The lowest BCUT2D eigenvalue weighted by atomic mass is 10.1. The summed E-state index contributed by atoms with van der Waals surface area (Å²) >= 11 is 6.03. The summed E-state index contributed by atoms with van der Waals surface area (Å²) in [5, 5.41) is 0.163. The lowest BCUT2D eigenvalue weighted by Crippen LogP contribution is -2.43. The number of halogens is 1. The number of benzene rings is 2. The highest BCUT2D eigenvalue weighted by molar-refractivity contribution is 7.92. The Bertz CT molecular complexity index is 1060. The van der Waals surface area contributed by atoms with Crippen molar-refractivity contribution in [1.82, 2.24) is 4.31 Å². The van der Waals surface area contributed by atoms with Crippen molar-refractivity contribution in [1.29, 1.82) is 0 Å². The minimum Gasteiger partial charge on any atom is -0.229 e. The van der Waals surface area contributed by atoms with Crippen LogP contribution in [0.4, 0.5) is 0 Å². The lowest BCUT2D eigenvalue weighted by molar-refractivity contribution is 0.345. The summed E-state index contributed by atoms with van der Waals surface area (Å²) in [7, 11) is -6.84. The molecule has 0 atom stereocenters. The van der Waals surface area contributed by atoms with Crippen molar-refractivity contribution in [3.8, 4) is 11.1 Å². The summed E-state index contributed by atoms with van der Waals surface area (Å²) in [5.74, 6) is 0.217. The molecule has 0 radical (unpaired) electrons. The molecule has 2 aromatic carbocycles. The highest BCUT2D eigenvalue weighted by Crippen LogP contribution is 2.28. The van der Waals surface area contributed by atoms with Crippen LogP contribution in [0.25, 0.3) is 11.1 Å². The fourth-order valence-corrected chi connectivity index (χ4v) is 7.46. The van der Waals surface area contributed by atoms with Gasteiger partial charge in [-0.3, -0.25) is 0 Å². The summed E-state index contributed by atoms with van der Waals surface area (Å²) in [6.45, 7) is 4.20. The topological polar surface area (TPSA) is 71.5 Å². The number of hydrogen-bond donors (Lipinski definition) is 0. The SMILES string of the molecule is CC(C)CS(=O)(=O)C1CCN(S(=O)(=O)c2ccc(-c3cccc(Cl)c3)cc2)CC1. The Hall–Kier alpha value is -1.41. The zero-order chi connectivity index (χ0) is 21.2. The zero-order valence-electron chi connectivity index (χ0n) is 16.6. The van der Waals surface area contributed by atoms with Crippen LogP contribution in [-0.4, -0.2) is 45.2 Å². The summed E-state index contributed by atoms with van der Waals surface area (Å²) < 4.78 is 52.2. The Kier molecular flexibility index (Phi) is 6.73. The minimum atomic E-state index is -3.65. The molecule has 0 amide bonds. The van der Waals surface area contributed by atoms with Gasteiger partial charge in [-0.25, -0.2) is 16.8 Å². The Morgan fingerprint density at radius 1 is 0.966 bits per heavy atom. The van der Waals surface area contributed by atoms with Gasteiger partial charge < -0.3 is 0 Å². The molecule has 0 aliphatic carbocycles. The molecular formula is C21H26ClNO4S2. The fourth-order valence-electron chi connectivity index (χ4n) is 3.67. The lowest BCUT2D eigenvalue weighted by Gasteiger charge is -2.31. The third-order valence-electron chi connectivity index (χ3n) is 5.12. The van der Waals surface area contributed by atoms with Gasteiger partial charge in [-0.05, 0) is 54.2 Å². The molecule has 5 nitrogen and oxygen atoms in total. The monoisotopic (exact) mass is 455 g/mol. The van der Waals surface area contributed by atoms with Crippen molar-refractivity contribution in [2.24, 2.45) is 5.92 Å². The van der Waals surface area contributed by atoms with Crippen LogP contribution in [0.1, 0.15) is 26.7 Å². The van der Waals surface area contributed by atoms with Crippen LogP contribution in [0.3, 0.4) is 0 Å².